The highest BCUT2D eigenvalue weighted by Crippen LogP contribution is 2.18. The summed E-state index contributed by atoms with van der Waals surface area (Å²) in [5.41, 5.74) is 0. The van der Waals surface area contributed by atoms with Gasteiger partial charge in [-0.3, -0.25) is 0 Å². The fraction of sp³-hybridized carbons (Fsp3) is 0.273. The number of rotatable bonds is 5. The fourth-order valence-corrected chi connectivity index (χ4v) is 2.38. The second kappa shape index (κ2) is 6.19. The van der Waals surface area contributed by atoms with Gasteiger partial charge in [0, 0.05) is 17.3 Å². The maximum atomic E-state index is 5.78. The van der Waals surface area contributed by atoms with E-state index in [0.29, 0.717) is 17.5 Å². The number of halogens is 2. The number of ether oxygens (including phenoxy) is 1. The summed E-state index contributed by atoms with van der Waals surface area (Å²) in [6.45, 7) is 0.418. The Morgan fingerprint density at radius 1 is 1.12 bits per heavy atom. The van der Waals surface area contributed by atoms with Gasteiger partial charge in [0.25, 0.3) is 0 Å². The van der Waals surface area contributed by atoms with E-state index < -0.39 is 0 Å². The fourth-order valence-electron chi connectivity index (χ4n) is 1.20. The van der Waals surface area contributed by atoms with Crippen LogP contribution >= 0.6 is 34.5 Å². The molecule has 1 aromatic heterocycles. The smallest absolute Gasteiger partial charge is 0.155 e. The molecule has 0 atom stereocenters. The minimum absolute atomic E-state index is 0.418. The third-order valence-electron chi connectivity index (χ3n) is 1.99. The lowest BCUT2D eigenvalue weighted by Crippen LogP contribution is -1.94. The Labute approximate surface area is 113 Å². The lowest BCUT2D eigenvalue weighted by molar-refractivity contribution is 0.304. The Balaban J connectivity index is 1.90. The van der Waals surface area contributed by atoms with Crippen LogP contribution in [0.3, 0.4) is 0 Å². The molecule has 0 aliphatic carbocycles. The molecular weight excluding hydrogens is 279 g/mol. The molecule has 6 heteroatoms. The van der Waals surface area contributed by atoms with Crippen LogP contribution in [-0.2, 0) is 13.0 Å². The van der Waals surface area contributed by atoms with Gasteiger partial charge in [-0.1, -0.05) is 22.9 Å². The van der Waals surface area contributed by atoms with Crippen LogP contribution < -0.4 is 4.74 Å². The normalized spacial score (nSPS) is 10.5. The zero-order valence-corrected chi connectivity index (χ0v) is 11.2. The van der Waals surface area contributed by atoms with Gasteiger partial charge in [0.2, 0.25) is 0 Å². The molecule has 0 fully saturated rings. The van der Waals surface area contributed by atoms with Gasteiger partial charge in [-0.25, -0.2) is 0 Å². The quantitative estimate of drug-likeness (QED) is 0.789. The number of alkyl halides is 1. The molecule has 2 aromatic rings. The van der Waals surface area contributed by atoms with Crippen molar-refractivity contribution in [3.8, 4) is 5.75 Å². The van der Waals surface area contributed by atoms with E-state index in [0.717, 1.165) is 22.2 Å². The Morgan fingerprint density at radius 3 is 2.53 bits per heavy atom. The number of hydrogen-bond acceptors (Lipinski definition) is 4. The molecule has 0 saturated carbocycles. The van der Waals surface area contributed by atoms with Crippen molar-refractivity contribution >= 4 is 34.5 Å². The van der Waals surface area contributed by atoms with Gasteiger partial charge in [-0.05, 0) is 24.3 Å². The molecule has 0 aliphatic heterocycles. The summed E-state index contributed by atoms with van der Waals surface area (Å²) in [6, 6.07) is 7.22. The zero-order chi connectivity index (χ0) is 12.1. The second-order valence-corrected chi connectivity index (χ2v) is 5.23. The summed E-state index contributed by atoms with van der Waals surface area (Å²) in [7, 11) is 0. The first-order valence-corrected chi connectivity index (χ1v) is 6.76. The third-order valence-corrected chi connectivity index (χ3v) is 3.39. The van der Waals surface area contributed by atoms with Gasteiger partial charge >= 0.3 is 0 Å². The van der Waals surface area contributed by atoms with E-state index in [1.165, 1.54) is 11.3 Å². The molecule has 3 nitrogen and oxygen atoms in total. The topological polar surface area (TPSA) is 35.0 Å². The van der Waals surface area contributed by atoms with E-state index in [9.17, 15) is 0 Å². The van der Waals surface area contributed by atoms with Crippen LogP contribution in [-0.4, -0.2) is 16.1 Å². The molecule has 2 rings (SSSR count). The maximum Gasteiger partial charge on any atom is 0.155 e. The average Bonchev–Trinajstić information content (AvgIpc) is 2.77. The molecule has 1 aromatic carbocycles. The van der Waals surface area contributed by atoms with Crippen molar-refractivity contribution in [1.82, 2.24) is 10.2 Å². The van der Waals surface area contributed by atoms with Crippen molar-refractivity contribution in [2.75, 3.05) is 5.88 Å². The van der Waals surface area contributed by atoms with E-state index >= 15 is 0 Å². The highest BCUT2D eigenvalue weighted by molar-refractivity contribution is 7.11. The number of hydrogen-bond donors (Lipinski definition) is 0. The summed E-state index contributed by atoms with van der Waals surface area (Å²) in [4.78, 5) is 0. The van der Waals surface area contributed by atoms with Gasteiger partial charge in [-0.2, -0.15) is 0 Å². The van der Waals surface area contributed by atoms with Crippen molar-refractivity contribution in [3.05, 3.63) is 39.3 Å². The molecule has 17 heavy (non-hydrogen) atoms. The van der Waals surface area contributed by atoms with E-state index in [1.54, 1.807) is 12.1 Å². The summed E-state index contributed by atoms with van der Waals surface area (Å²) < 4.78 is 5.55. The minimum Gasteiger partial charge on any atom is -0.486 e. The molecule has 90 valence electrons. The summed E-state index contributed by atoms with van der Waals surface area (Å²) in [5, 5.41) is 10.5. The maximum absolute atomic E-state index is 5.78. The van der Waals surface area contributed by atoms with Crippen LogP contribution in [0.4, 0.5) is 0 Å². The van der Waals surface area contributed by atoms with Crippen LogP contribution in [0.2, 0.25) is 5.02 Å². The van der Waals surface area contributed by atoms with Gasteiger partial charge in [-0.15, -0.1) is 21.8 Å². The minimum atomic E-state index is 0.418. The monoisotopic (exact) mass is 288 g/mol. The van der Waals surface area contributed by atoms with E-state index in [-0.39, 0.29) is 0 Å². The van der Waals surface area contributed by atoms with Gasteiger partial charge < -0.3 is 4.74 Å². The number of aromatic nitrogens is 2. The average molecular weight is 289 g/mol. The Morgan fingerprint density at radius 2 is 1.82 bits per heavy atom. The molecule has 0 spiro atoms. The highest BCUT2D eigenvalue weighted by Gasteiger charge is 2.04. The predicted molar refractivity (Wildman–Crippen MR) is 70.1 cm³/mol. The number of benzene rings is 1. The van der Waals surface area contributed by atoms with E-state index in [2.05, 4.69) is 10.2 Å². The van der Waals surface area contributed by atoms with Gasteiger partial charge in [0.05, 0.1) is 0 Å². The lowest BCUT2D eigenvalue weighted by Gasteiger charge is -2.02. The van der Waals surface area contributed by atoms with Crippen LogP contribution in [0.1, 0.15) is 10.0 Å². The standard InChI is InChI=1S/C11H10Cl2N2OS/c12-6-5-10-14-15-11(17-10)7-16-9-3-1-8(13)2-4-9/h1-4H,5-7H2. The highest BCUT2D eigenvalue weighted by atomic mass is 35.5. The molecule has 0 unspecified atom stereocenters. The molecule has 0 amide bonds. The molecular formula is C11H10Cl2N2OS. The van der Waals surface area contributed by atoms with Gasteiger partial charge in [0.15, 0.2) is 5.01 Å². The molecule has 0 bridgehead atoms. The summed E-state index contributed by atoms with van der Waals surface area (Å²) >= 11 is 12.9. The Kier molecular flexibility index (Phi) is 4.59. The first-order chi connectivity index (χ1) is 8.28. The Hall–Kier alpha value is -0.840. The van der Waals surface area contributed by atoms with Crippen molar-refractivity contribution in [2.45, 2.75) is 13.0 Å². The molecule has 1 heterocycles. The van der Waals surface area contributed by atoms with E-state index in [1.807, 2.05) is 12.1 Å². The molecule has 0 N–H and O–H groups in total. The van der Waals surface area contributed by atoms with Crippen LogP contribution in [0.25, 0.3) is 0 Å². The number of aryl methyl sites for hydroxylation is 1. The number of nitrogens with zero attached hydrogens (tertiary/aromatic N) is 2. The van der Waals surface area contributed by atoms with Crippen LogP contribution in [0, 0.1) is 0 Å². The van der Waals surface area contributed by atoms with Crippen molar-refractivity contribution in [1.29, 1.82) is 0 Å². The van der Waals surface area contributed by atoms with Crippen molar-refractivity contribution in [2.24, 2.45) is 0 Å². The third kappa shape index (κ3) is 3.84. The van der Waals surface area contributed by atoms with Crippen molar-refractivity contribution < 1.29 is 4.74 Å². The second-order valence-electron chi connectivity index (χ2n) is 3.27. The van der Waals surface area contributed by atoms with Gasteiger partial charge in [0.1, 0.15) is 17.4 Å². The predicted octanol–water partition coefficient (Wildman–Crippen LogP) is 3.55. The van der Waals surface area contributed by atoms with Crippen LogP contribution in [0.15, 0.2) is 24.3 Å². The summed E-state index contributed by atoms with van der Waals surface area (Å²) in [6.07, 6.45) is 0.750. The van der Waals surface area contributed by atoms with E-state index in [4.69, 9.17) is 27.9 Å². The molecule has 0 saturated heterocycles. The molecule has 0 radical (unpaired) electrons. The first-order valence-electron chi connectivity index (χ1n) is 5.03. The lowest BCUT2D eigenvalue weighted by atomic mass is 10.3. The first kappa shape index (κ1) is 12.6. The largest absolute Gasteiger partial charge is 0.486 e. The Bertz CT molecular complexity index is 473. The zero-order valence-electron chi connectivity index (χ0n) is 8.90. The summed E-state index contributed by atoms with van der Waals surface area (Å²) in [5.74, 6) is 1.33. The van der Waals surface area contributed by atoms with Crippen molar-refractivity contribution in [3.63, 3.8) is 0 Å². The SMILES string of the molecule is ClCCc1nnc(COc2ccc(Cl)cc2)s1. The molecule has 0 aliphatic rings. The van der Waals surface area contributed by atoms with Crippen LogP contribution in [0.5, 0.6) is 5.75 Å².